The second-order valence-electron chi connectivity index (χ2n) is 4.02. The van der Waals surface area contributed by atoms with Crippen molar-refractivity contribution >= 4 is 17.2 Å². The van der Waals surface area contributed by atoms with E-state index in [4.69, 9.17) is 11.6 Å². The van der Waals surface area contributed by atoms with Gasteiger partial charge in [0.1, 0.15) is 5.75 Å². The molecule has 2 aromatic heterocycles. The van der Waals surface area contributed by atoms with E-state index >= 15 is 0 Å². The highest BCUT2D eigenvalue weighted by Gasteiger charge is 2.05. The lowest BCUT2D eigenvalue weighted by Crippen LogP contribution is -1.91. The van der Waals surface area contributed by atoms with Gasteiger partial charge in [0.05, 0.1) is 0 Å². The molecule has 0 atom stereocenters. The number of pyridine rings is 1. The highest BCUT2D eigenvalue weighted by atomic mass is 35.5. The Hall–Kier alpha value is -2.07. The topological polar surface area (TPSA) is 50.4 Å². The summed E-state index contributed by atoms with van der Waals surface area (Å²) < 4.78 is 1.68. The highest BCUT2D eigenvalue weighted by molar-refractivity contribution is 6.30. The molecular weight excluding hydrogens is 250 g/mol. The maximum atomic E-state index is 9.40. The monoisotopic (exact) mass is 259 g/mol. The first kappa shape index (κ1) is 11.0. The molecule has 5 heteroatoms. The van der Waals surface area contributed by atoms with Crippen molar-refractivity contribution in [3.63, 3.8) is 0 Å². The minimum absolute atomic E-state index is 0.249. The van der Waals surface area contributed by atoms with Crippen LogP contribution in [0.4, 0.5) is 0 Å². The minimum Gasteiger partial charge on any atom is -0.508 e. The van der Waals surface area contributed by atoms with Crippen LogP contribution in [0.5, 0.6) is 5.75 Å². The van der Waals surface area contributed by atoms with Crippen molar-refractivity contribution in [2.75, 3.05) is 0 Å². The molecule has 0 amide bonds. The first-order valence-corrected chi connectivity index (χ1v) is 5.87. The van der Waals surface area contributed by atoms with E-state index in [1.165, 1.54) is 0 Å². The van der Waals surface area contributed by atoms with Crippen molar-refractivity contribution in [1.29, 1.82) is 0 Å². The lowest BCUT2D eigenvalue weighted by molar-refractivity contribution is 0.474. The fourth-order valence-corrected chi connectivity index (χ4v) is 1.98. The number of hydrogen-bond acceptors (Lipinski definition) is 3. The number of phenols is 1. The van der Waals surface area contributed by atoms with Gasteiger partial charge in [-0.05, 0) is 23.8 Å². The van der Waals surface area contributed by atoms with Gasteiger partial charge in [-0.1, -0.05) is 23.7 Å². The van der Waals surface area contributed by atoms with Crippen LogP contribution in [0.15, 0.2) is 42.6 Å². The maximum Gasteiger partial charge on any atom is 0.157 e. The van der Waals surface area contributed by atoms with Crippen LogP contribution in [0.1, 0.15) is 11.4 Å². The van der Waals surface area contributed by atoms with Crippen LogP contribution in [-0.4, -0.2) is 19.7 Å². The van der Waals surface area contributed by atoms with Gasteiger partial charge in [0.15, 0.2) is 11.5 Å². The second kappa shape index (κ2) is 4.31. The fourth-order valence-electron chi connectivity index (χ4n) is 1.83. The summed E-state index contributed by atoms with van der Waals surface area (Å²) in [6.07, 6.45) is 2.35. The number of benzene rings is 1. The first-order valence-electron chi connectivity index (χ1n) is 5.49. The molecule has 90 valence electrons. The Bertz CT molecular complexity index is 708. The molecule has 0 spiro atoms. The van der Waals surface area contributed by atoms with Gasteiger partial charge in [0.25, 0.3) is 0 Å². The normalized spacial score (nSPS) is 10.9. The van der Waals surface area contributed by atoms with Gasteiger partial charge in [-0.15, -0.1) is 0 Å². The van der Waals surface area contributed by atoms with Crippen molar-refractivity contribution in [2.24, 2.45) is 0 Å². The van der Waals surface area contributed by atoms with E-state index in [-0.39, 0.29) is 5.75 Å². The second-order valence-corrected chi connectivity index (χ2v) is 4.46. The standard InChI is InChI=1S/C13H10ClN3O/c14-10-4-5-17-13(8-10)15-12(16-17)7-9-2-1-3-11(18)6-9/h1-6,8,18H,7H2. The fraction of sp³-hybridized carbons (Fsp3) is 0.0769. The van der Waals surface area contributed by atoms with Gasteiger partial charge in [0.2, 0.25) is 0 Å². The Morgan fingerprint density at radius 1 is 1.22 bits per heavy atom. The molecule has 0 unspecified atom stereocenters. The van der Waals surface area contributed by atoms with Crippen molar-refractivity contribution in [3.8, 4) is 5.75 Å². The molecule has 1 aromatic carbocycles. The van der Waals surface area contributed by atoms with Gasteiger partial charge < -0.3 is 5.11 Å². The molecule has 0 radical (unpaired) electrons. The number of phenolic OH excluding ortho intramolecular Hbond substituents is 1. The Balaban J connectivity index is 1.95. The molecule has 0 bridgehead atoms. The number of aromatic hydroxyl groups is 1. The largest absolute Gasteiger partial charge is 0.508 e. The van der Waals surface area contributed by atoms with Crippen LogP contribution in [0.25, 0.3) is 5.65 Å². The Morgan fingerprint density at radius 3 is 2.94 bits per heavy atom. The van der Waals surface area contributed by atoms with E-state index in [0.29, 0.717) is 17.3 Å². The molecule has 18 heavy (non-hydrogen) atoms. The van der Waals surface area contributed by atoms with Gasteiger partial charge in [-0.25, -0.2) is 9.50 Å². The Morgan fingerprint density at radius 2 is 2.11 bits per heavy atom. The molecule has 0 aliphatic carbocycles. The zero-order valence-electron chi connectivity index (χ0n) is 9.42. The summed E-state index contributed by atoms with van der Waals surface area (Å²) in [6.45, 7) is 0. The summed E-state index contributed by atoms with van der Waals surface area (Å²) in [5.41, 5.74) is 1.69. The smallest absolute Gasteiger partial charge is 0.157 e. The Kier molecular flexibility index (Phi) is 2.64. The molecular formula is C13H10ClN3O. The maximum absolute atomic E-state index is 9.40. The van der Waals surface area contributed by atoms with Crippen LogP contribution >= 0.6 is 11.6 Å². The highest BCUT2D eigenvalue weighted by Crippen LogP contribution is 2.15. The molecule has 3 rings (SSSR count). The van der Waals surface area contributed by atoms with Gasteiger partial charge in [-0.3, -0.25) is 0 Å². The van der Waals surface area contributed by atoms with Crippen molar-refractivity contribution in [1.82, 2.24) is 14.6 Å². The average molecular weight is 260 g/mol. The lowest BCUT2D eigenvalue weighted by atomic mass is 10.1. The molecule has 0 saturated carbocycles. The zero-order chi connectivity index (χ0) is 12.5. The number of halogens is 1. The van der Waals surface area contributed by atoms with Crippen LogP contribution in [0, 0.1) is 0 Å². The summed E-state index contributed by atoms with van der Waals surface area (Å²) >= 11 is 5.89. The molecule has 0 fully saturated rings. The van der Waals surface area contributed by atoms with Gasteiger partial charge in [-0.2, -0.15) is 5.10 Å². The third-order valence-electron chi connectivity index (χ3n) is 2.62. The predicted molar refractivity (Wildman–Crippen MR) is 68.9 cm³/mol. The van der Waals surface area contributed by atoms with Gasteiger partial charge in [0, 0.05) is 23.7 Å². The molecule has 0 aliphatic heterocycles. The summed E-state index contributed by atoms with van der Waals surface area (Å²) in [6, 6.07) is 10.6. The summed E-state index contributed by atoms with van der Waals surface area (Å²) in [5, 5.41) is 14.4. The number of hydrogen-bond donors (Lipinski definition) is 1. The molecule has 4 nitrogen and oxygen atoms in total. The lowest BCUT2D eigenvalue weighted by Gasteiger charge is -1.97. The van der Waals surface area contributed by atoms with Crippen molar-refractivity contribution < 1.29 is 5.11 Å². The number of rotatable bonds is 2. The van der Waals surface area contributed by atoms with Crippen LogP contribution < -0.4 is 0 Å². The first-order chi connectivity index (χ1) is 8.70. The van der Waals surface area contributed by atoms with Crippen molar-refractivity contribution in [2.45, 2.75) is 6.42 Å². The summed E-state index contributed by atoms with van der Waals surface area (Å²) in [4.78, 5) is 4.38. The third kappa shape index (κ3) is 2.15. The molecule has 1 N–H and O–H groups in total. The van der Waals surface area contributed by atoms with Gasteiger partial charge >= 0.3 is 0 Å². The summed E-state index contributed by atoms with van der Waals surface area (Å²) in [7, 11) is 0. The zero-order valence-corrected chi connectivity index (χ0v) is 10.2. The number of nitrogens with zero attached hydrogens (tertiary/aromatic N) is 3. The van der Waals surface area contributed by atoms with E-state index in [1.54, 1.807) is 41.0 Å². The quantitative estimate of drug-likeness (QED) is 0.770. The van der Waals surface area contributed by atoms with Crippen LogP contribution in [0.2, 0.25) is 5.02 Å². The molecule has 2 heterocycles. The SMILES string of the molecule is Oc1cccc(Cc2nc3cc(Cl)ccn3n2)c1. The molecule has 3 aromatic rings. The predicted octanol–water partition coefficient (Wildman–Crippen LogP) is 2.68. The third-order valence-corrected chi connectivity index (χ3v) is 2.85. The number of fused-ring (bicyclic) bond motifs is 1. The van der Waals surface area contributed by atoms with Crippen LogP contribution in [0.3, 0.4) is 0 Å². The molecule has 0 saturated heterocycles. The van der Waals surface area contributed by atoms with E-state index in [0.717, 1.165) is 11.2 Å². The minimum atomic E-state index is 0.249. The van der Waals surface area contributed by atoms with E-state index in [9.17, 15) is 5.11 Å². The van der Waals surface area contributed by atoms with Crippen LogP contribution in [-0.2, 0) is 6.42 Å². The van der Waals surface area contributed by atoms with Crippen molar-refractivity contribution in [3.05, 3.63) is 59.0 Å². The Labute approximate surface area is 108 Å². The van der Waals surface area contributed by atoms with E-state index < -0.39 is 0 Å². The van der Waals surface area contributed by atoms with E-state index in [2.05, 4.69) is 10.1 Å². The summed E-state index contributed by atoms with van der Waals surface area (Å²) in [5.74, 6) is 0.946. The average Bonchev–Trinajstić information content (AvgIpc) is 2.70. The number of aromatic nitrogens is 3. The van der Waals surface area contributed by atoms with E-state index in [1.807, 2.05) is 6.07 Å². The molecule has 0 aliphatic rings.